The van der Waals surface area contributed by atoms with E-state index in [-0.39, 0.29) is 23.3 Å². The number of anilines is 2. The van der Waals surface area contributed by atoms with Gasteiger partial charge in [0.05, 0.1) is 44.6 Å². The fraction of sp³-hybridized carbons (Fsp3) is 0.121. The minimum atomic E-state index is -0.126. The lowest BCUT2D eigenvalue weighted by molar-refractivity contribution is -0.114. The van der Waals surface area contributed by atoms with Crippen molar-refractivity contribution < 1.29 is 9.59 Å². The zero-order valence-electron chi connectivity index (χ0n) is 24.4. The first kappa shape index (κ1) is 28.7. The number of hydrogen-bond donors (Lipinski definition) is 5. The fourth-order valence-electron chi connectivity index (χ4n) is 4.93. The molecular weight excluding hydrogens is 605 g/mol. The molecule has 2 amide bonds. The van der Waals surface area contributed by atoms with Crippen molar-refractivity contribution in [1.82, 2.24) is 29.9 Å². The summed E-state index contributed by atoms with van der Waals surface area (Å²) in [6.45, 7) is 4.07. The molecular formula is C33H28N8O2S2. The summed E-state index contributed by atoms with van der Waals surface area (Å²) in [5.74, 6) is 0.916. The Morgan fingerprint density at radius 2 is 1.09 bits per heavy atom. The third-order valence-corrected chi connectivity index (χ3v) is 8.87. The minimum absolute atomic E-state index is 0.117. The molecule has 4 aromatic carbocycles. The van der Waals surface area contributed by atoms with Crippen molar-refractivity contribution in [2.24, 2.45) is 0 Å². The number of benzene rings is 4. The molecule has 0 atom stereocenters. The Hall–Kier alpha value is -5.07. The van der Waals surface area contributed by atoms with E-state index < -0.39 is 0 Å². The maximum absolute atomic E-state index is 12.7. The van der Waals surface area contributed by atoms with Crippen molar-refractivity contribution in [1.29, 1.82) is 0 Å². The molecule has 10 nitrogen and oxygen atoms in total. The Morgan fingerprint density at radius 3 is 1.69 bits per heavy atom. The Balaban J connectivity index is 0.937. The lowest BCUT2D eigenvalue weighted by Gasteiger charge is -2.05. The number of aromatic amines is 3. The second-order valence-electron chi connectivity index (χ2n) is 10.7. The van der Waals surface area contributed by atoms with E-state index in [0.29, 0.717) is 27.5 Å². The summed E-state index contributed by atoms with van der Waals surface area (Å²) in [7, 11) is 0. The molecule has 3 aromatic heterocycles. The number of thioether (sulfide) groups is 2. The lowest BCUT2D eigenvalue weighted by atomic mass is 10.2. The third kappa shape index (κ3) is 6.56. The van der Waals surface area contributed by atoms with Crippen LogP contribution in [-0.2, 0) is 9.59 Å². The Bertz CT molecular complexity index is 2200. The van der Waals surface area contributed by atoms with Gasteiger partial charge in [0.1, 0.15) is 5.82 Å². The standard InChI is InChI=1S/C33H28N8O2S2/c1-18-3-10-24-26(13-18)40-32(38-24)44-16-29(42)34-21-7-5-20(6-8-21)31-36-23-12-9-22(15-28(23)37-31)35-30(43)17-45-33-39-25-11-4-19(2)14-27(25)41-33/h3-15H,16-17H2,1-2H3,(H,34,42)(H,35,43)(H,36,37)(H,38,40)(H,39,41). The van der Waals surface area contributed by atoms with E-state index in [0.717, 1.165) is 49.8 Å². The molecule has 0 bridgehead atoms. The fourth-order valence-corrected chi connectivity index (χ4v) is 6.30. The van der Waals surface area contributed by atoms with Crippen LogP contribution in [0.5, 0.6) is 0 Å². The number of aryl methyl sites for hydroxylation is 2. The summed E-state index contributed by atoms with van der Waals surface area (Å²) in [5, 5.41) is 7.31. The van der Waals surface area contributed by atoms with Crippen LogP contribution in [-0.4, -0.2) is 53.2 Å². The van der Waals surface area contributed by atoms with Crippen LogP contribution in [0.2, 0.25) is 0 Å². The monoisotopic (exact) mass is 632 g/mol. The summed E-state index contributed by atoms with van der Waals surface area (Å²) in [6.07, 6.45) is 0. The largest absolute Gasteiger partial charge is 0.338 e. The SMILES string of the molecule is Cc1ccc2nc(SCC(=O)Nc3ccc(-c4nc5ccc(NC(=O)CSc6nc7ccc(C)cc7[nH]6)cc5[nH]4)cc3)[nH]c2c1. The normalized spacial score (nSPS) is 11.4. The van der Waals surface area contributed by atoms with Gasteiger partial charge in [-0.25, -0.2) is 15.0 Å². The highest BCUT2D eigenvalue weighted by atomic mass is 32.2. The highest BCUT2D eigenvalue weighted by Crippen LogP contribution is 2.26. The first-order chi connectivity index (χ1) is 21.8. The van der Waals surface area contributed by atoms with Crippen LogP contribution in [0.25, 0.3) is 44.5 Å². The topological polar surface area (TPSA) is 144 Å². The van der Waals surface area contributed by atoms with Gasteiger partial charge in [-0.3, -0.25) is 9.59 Å². The molecule has 0 fully saturated rings. The van der Waals surface area contributed by atoms with Crippen LogP contribution < -0.4 is 10.6 Å². The van der Waals surface area contributed by atoms with E-state index in [1.165, 1.54) is 23.5 Å². The summed E-state index contributed by atoms with van der Waals surface area (Å²) in [6, 6.07) is 25.1. The van der Waals surface area contributed by atoms with Gasteiger partial charge in [0.25, 0.3) is 0 Å². The van der Waals surface area contributed by atoms with Gasteiger partial charge >= 0.3 is 0 Å². The van der Waals surface area contributed by atoms with Crippen LogP contribution in [0.15, 0.2) is 89.2 Å². The molecule has 0 aliphatic rings. The van der Waals surface area contributed by atoms with E-state index in [9.17, 15) is 9.59 Å². The number of hydrogen-bond acceptors (Lipinski definition) is 7. The maximum atomic E-state index is 12.7. The second kappa shape index (κ2) is 12.1. The summed E-state index contributed by atoms with van der Waals surface area (Å²) >= 11 is 2.72. The predicted molar refractivity (Wildman–Crippen MR) is 182 cm³/mol. The molecule has 0 saturated carbocycles. The first-order valence-electron chi connectivity index (χ1n) is 14.2. The number of imidazole rings is 3. The van der Waals surface area contributed by atoms with E-state index in [1.807, 2.05) is 92.7 Å². The molecule has 0 aliphatic carbocycles. The van der Waals surface area contributed by atoms with Crippen LogP contribution in [0.3, 0.4) is 0 Å². The highest BCUT2D eigenvalue weighted by Gasteiger charge is 2.12. The molecule has 224 valence electrons. The van der Waals surface area contributed by atoms with E-state index >= 15 is 0 Å². The molecule has 45 heavy (non-hydrogen) atoms. The first-order valence-corrected chi connectivity index (χ1v) is 16.2. The van der Waals surface area contributed by atoms with Crippen molar-refractivity contribution in [3.63, 3.8) is 0 Å². The van der Waals surface area contributed by atoms with Crippen molar-refractivity contribution in [3.05, 3.63) is 90.0 Å². The van der Waals surface area contributed by atoms with Gasteiger partial charge in [-0.2, -0.15) is 0 Å². The number of fused-ring (bicyclic) bond motifs is 3. The van der Waals surface area contributed by atoms with Crippen molar-refractivity contribution in [2.75, 3.05) is 22.1 Å². The van der Waals surface area contributed by atoms with Gasteiger partial charge in [-0.15, -0.1) is 0 Å². The average molecular weight is 633 g/mol. The number of amides is 2. The number of H-pyrrole nitrogens is 3. The second-order valence-corrected chi connectivity index (χ2v) is 12.6. The van der Waals surface area contributed by atoms with Crippen molar-refractivity contribution in [3.8, 4) is 11.4 Å². The van der Waals surface area contributed by atoms with Crippen molar-refractivity contribution in [2.45, 2.75) is 24.2 Å². The zero-order chi connectivity index (χ0) is 30.9. The van der Waals surface area contributed by atoms with Crippen molar-refractivity contribution >= 4 is 79.8 Å². The Morgan fingerprint density at radius 1 is 0.600 bits per heavy atom. The third-order valence-electron chi connectivity index (χ3n) is 7.12. The molecule has 0 aliphatic heterocycles. The van der Waals surface area contributed by atoms with E-state index in [1.54, 1.807) is 0 Å². The summed E-state index contributed by atoms with van der Waals surface area (Å²) in [4.78, 5) is 48.8. The number of rotatable bonds is 9. The molecule has 7 aromatic rings. The van der Waals surface area contributed by atoms with Crippen LogP contribution in [0, 0.1) is 13.8 Å². The van der Waals surface area contributed by atoms with Gasteiger partial charge < -0.3 is 25.6 Å². The number of nitrogens with one attached hydrogen (secondary N) is 5. The van der Waals surface area contributed by atoms with E-state index in [2.05, 4.69) is 35.6 Å². The Labute approximate surface area is 266 Å². The van der Waals surface area contributed by atoms with Gasteiger partial charge in [0, 0.05) is 16.9 Å². The number of nitrogens with zero attached hydrogens (tertiary/aromatic N) is 3. The van der Waals surface area contributed by atoms with Gasteiger partial charge in [-0.1, -0.05) is 35.7 Å². The predicted octanol–water partition coefficient (Wildman–Crippen LogP) is 7.06. The maximum Gasteiger partial charge on any atom is 0.234 e. The van der Waals surface area contributed by atoms with Gasteiger partial charge in [-0.05, 0) is 91.7 Å². The quantitative estimate of drug-likeness (QED) is 0.107. The Kier molecular flexibility index (Phi) is 7.74. The molecule has 3 heterocycles. The van der Waals surface area contributed by atoms with E-state index in [4.69, 9.17) is 4.98 Å². The molecule has 0 saturated heterocycles. The molecule has 7 rings (SSSR count). The molecule has 0 radical (unpaired) electrons. The summed E-state index contributed by atoms with van der Waals surface area (Å²) in [5.41, 5.74) is 9.83. The molecule has 5 N–H and O–H groups in total. The van der Waals surface area contributed by atoms with Crippen LogP contribution >= 0.6 is 23.5 Å². The van der Waals surface area contributed by atoms with Crippen LogP contribution in [0.1, 0.15) is 11.1 Å². The van der Waals surface area contributed by atoms with Gasteiger partial charge in [0.2, 0.25) is 11.8 Å². The molecule has 0 spiro atoms. The highest BCUT2D eigenvalue weighted by molar-refractivity contribution is 8.00. The average Bonchev–Trinajstić information content (AvgIpc) is 3.75. The molecule has 0 unspecified atom stereocenters. The van der Waals surface area contributed by atoms with Crippen LogP contribution in [0.4, 0.5) is 11.4 Å². The van der Waals surface area contributed by atoms with Gasteiger partial charge in [0.15, 0.2) is 10.3 Å². The molecule has 12 heteroatoms. The number of carbonyl (C=O) groups excluding carboxylic acids is 2. The number of aromatic nitrogens is 6. The minimum Gasteiger partial charge on any atom is -0.338 e. The zero-order valence-corrected chi connectivity index (χ0v) is 26.0. The number of carbonyl (C=O) groups is 2. The smallest absolute Gasteiger partial charge is 0.234 e. The summed E-state index contributed by atoms with van der Waals surface area (Å²) < 4.78 is 0. The lowest BCUT2D eigenvalue weighted by Crippen LogP contribution is -2.14.